The van der Waals surface area contributed by atoms with Crippen LogP contribution in [-0.2, 0) is 0 Å². The van der Waals surface area contributed by atoms with Gasteiger partial charge in [0.25, 0.3) is 0 Å². The summed E-state index contributed by atoms with van der Waals surface area (Å²) in [6.45, 7) is 0. The van der Waals surface area contributed by atoms with Crippen molar-refractivity contribution in [3.05, 3.63) is 236 Å². The molecule has 3 heterocycles. The largest absolute Gasteiger partial charge is 0.277 e. The SMILES string of the molecule is C1=CCC=C(c2ccc(-c3nc(-c4ccc(-c5ccccc5)cc4)nc(-n4c5c(-c6ccc7c(c6)sc6ccc8ccccc8c67)cccc5c5c6ccccc6c6ccccc6c54)n3)cc2)C=C1. The van der Waals surface area contributed by atoms with E-state index in [9.17, 15) is 0 Å². The Labute approximate surface area is 402 Å². The van der Waals surface area contributed by atoms with Crippen LogP contribution in [0.25, 0.3) is 131 Å². The molecule has 0 fully saturated rings. The van der Waals surface area contributed by atoms with Gasteiger partial charge in [-0.05, 0) is 73.3 Å². The maximum atomic E-state index is 5.53. The molecule has 322 valence electrons. The Morgan fingerprint density at radius 1 is 0.391 bits per heavy atom. The predicted octanol–water partition coefficient (Wildman–Crippen LogP) is 17.4. The van der Waals surface area contributed by atoms with Crippen LogP contribution in [0.2, 0.25) is 0 Å². The molecule has 0 radical (unpaired) electrons. The van der Waals surface area contributed by atoms with E-state index in [0.29, 0.717) is 17.6 Å². The molecule has 10 aromatic carbocycles. The lowest BCUT2D eigenvalue weighted by Crippen LogP contribution is -2.07. The smallest absolute Gasteiger partial charge is 0.238 e. The van der Waals surface area contributed by atoms with Crippen molar-refractivity contribution < 1.29 is 0 Å². The third-order valence-electron chi connectivity index (χ3n) is 13.9. The lowest BCUT2D eigenvalue weighted by atomic mass is 9.95. The van der Waals surface area contributed by atoms with E-state index in [-0.39, 0.29) is 0 Å². The number of thiophene rings is 1. The van der Waals surface area contributed by atoms with E-state index in [4.69, 9.17) is 15.0 Å². The Bertz CT molecular complexity index is 4310. The van der Waals surface area contributed by atoms with Gasteiger partial charge in [0.05, 0.1) is 11.0 Å². The van der Waals surface area contributed by atoms with E-state index in [2.05, 4.69) is 235 Å². The zero-order chi connectivity index (χ0) is 45.4. The molecule has 0 aliphatic heterocycles. The van der Waals surface area contributed by atoms with Gasteiger partial charge in [0.2, 0.25) is 5.95 Å². The Morgan fingerprint density at radius 2 is 1.01 bits per heavy atom. The van der Waals surface area contributed by atoms with Gasteiger partial charge >= 0.3 is 0 Å². The van der Waals surface area contributed by atoms with Crippen molar-refractivity contribution in [3.8, 4) is 51.0 Å². The van der Waals surface area contributed by atoms with Crippen LogP contribution in [0.1, 0.15) is 12.0 Å². The van der Waals surface area contributed by atoms with Gasteiger partial charge in [0.1, 0.15) is 0 Å². The lowest BCUT2D eigenvalue weighted by molar-refractivity contribution is 0.955. The first-order valence-corrected chi connectivity index (χ1v) is 24.3. The molecule has 0 spiro atoms. The van der Waals surface area contributed by atoms with Crippen molar-refractivity contribution in [3.63, 3.8) is 0 Å². The molecule has 1 aliphatic rings. The second-order valence-electron chi connectivity index (χ2n) is 17.8. The molecule has 69 heavy (non-hydrogen) atoms. The number of allylic oxidation sites excluding steroid dienone is 6. The number of benzene rings is 10. The lowest BCUT2D eigenvalue weighted by Gasteiger charge is -2.15. The van der Waals surface area contributed by atoms with Crippen LogP contribution in [0.3, 0.4) is 0 Å². The van der Waals surface area contributed by atoms with Crippen molar-refractivity contribution in [2.75, 3.05) is 0 Å². The molecule has 5 heteroatoms. The third kappa shape index (κ3) is 6.46. The first-order valence-electron chi connectivity index (χ1n) is 23.5. The van der Waals surface area contributed by atoms with Gasteiger partial charge in [0, 0.05) is 53.0 Å². The average molecular weight is 897 g/mol. The fourth-order valence-electron chi connectivity index (χ4n) is 10.6. The zero-order valence-electron chi connectivity index (χ0n) is 37.3. The highest BCUT2D eigenvalue weighted by Gasteiger charge is 2.25. The van der Waals surface area contributed by atoms with Gasteiger partial charge in [-0.3, -0.25) is 4.57 Å². The third-order valence-corrected chi connectivity index (χ3v) is 15.0. The van der Waals surface area contributed by atoms with Crippen molar-refractivity contribution in [1.82, 2.24) is 19.5 Å². The molecule has 0 unspecified atom stereocenters. The average Bonchev–Trinajstić information content (AvgIpc) is 3.85. The summed E-state index contributed by atoms with van der Waals surface area (Å²) in [5.41, 5.74) is 10.8. The Balaban J connectivity index is 1.06. The summed E-state index contributed by atoms with van der Waals surface area (Å²) in [5, 5.41) is 12.2. The van der Waals surface area contributed by atoms with Crippen LogP contribution in [0.4, 0.5) is 0 Å². The Kier molecular flexibility index (Phi) is 9.11. The predicted molar refractivity (Wildman–Crippen MR) is 292 cm³/mol. The first kappa shape index (κ1) is 39.4. The topological polar surface area (TPSA) is 43.6 Å². The van der Waals surface area contributed by atoms with E-state index in [1.807, 2.05) is 11.3 Å². The van der Waals surface area contributed by atoms with Crippen molar-refractivity contribution in [2.24, 2.45) is 0 Å². The summed E-state index contributed by atoms with van der Waals surface area (Å²) in [4.78, 5) is 16.4. The van der Waals surface area contributed by atoms with Crippen molar-refractivity contribution in [2.45, 2.75) is 6.42 Å². The van der Waals surface area contributed by atoms with Gasteiger partial charge in [-0.1, -0.05) is 218 Å². The highest BCUT2D eigenvalue weighted by molar-refractivity contribution is 7.26. The minimum atomic E-state index is 0.564. The summed E-state index contributed by atoms with van der Waals surface area (Å²) in [6.07, 6.45) is 11.7. The molecule has 0 amide bonds. The van der Waals surface area contributed by atoms with Gasteiger partial charge in [0.15, 0.2) is 11.6 Å². The minimum absolute atomic E-state index is 0.564. The van der Waals surface area contributed by atoms with Gasteiger partial charge < -0.3 is 0 Å². The molecule has 14 rings (SSSR count). The molecule has 3 aromatic heterocycles. The van der Waals surface area contributed by atoms with Crippen LogP contribution in [-0.4, -0.2) is 19.5 Å². The highest BCUT2D eigenvalue weighted by atomic mass is 32.1. The quantitative estimate of drug-likeness (QED) is 0.156. The molecule has 1 aliphatic carbocycles. The molecule has 13 aromatic rings. The number of para-hydroxylation sites is 1. The maximum absolute atomic E-state index is 5.53. The fraction of sp³-hybridized carbons (Fsp3) is 0.0156. The summed E-state index contributed by atoms with van der Waals surface area (Å²) < 4.78 is 4.89. The summed E-state index contributed by atoms with van der Waals surface area (Å²) in [5.74, 6) is 1.78. The van der Waals surface area contributed by atoms with Gasteiger partial charge in [-0.25, -0.2) is 4.98 Å². The van der Waals surface area contributed by atoms with Crippen molar-refractivity contribution in [1.29, 1.82) is 0 Å². The van der Waals surface area contributed by atoms with Gasteiger partial charge in [-0.2, -0.15) is 9.97 Å². The normalized spacial score (nSPS) is 12.8. The van der Waals surface area contributed by atoms with Crippen LogP contribution in [0.5, 0.6) is 0 Å². The molecule has 0 N–H and O–H groups in total. The second-order valence-corrected chi connectivity index (χ2v) is 18.9. The fourth-order valence-corrected chi connectivity index (χ4v) is 11.8. The van der Waals surface area contributed by atoms with E-state index in [0.717, 1.165) is 67.2 Å². The zero-order valence-corrected chi connectivity index (χ0v) is 38.2. The van der Waals surface area contributed by atoms with E-state index >= 15 is 0 Å². The number of nitrogens with zero attached hydrogens (tertiary/aromatic N) is 4. The van der Waals surface area contributed by atoms with Crippen LogP contribution in [0.15, 0.2) is 231 Å². The van der Waals surface area contributed by atoms with E-state index < -0.39 is 0 Å². The van der Waals surface area contributed by atoms with Crippen molar-refractivity contribution >= 4 is 91.2 Å². The molecular weight excluding hydrogens is 857 g/mol. The summed E-state index contributed by atoms with van der Waals surface area (Å²) in [7, 11) is 0. The summed E-state index contributed by atoms with van der Waals surface area (Å²) in [6, 6.07) is 72.4. The van der Waals surface area contributed by atoms with Gasteiger partial charge in [-0.15, -0.1) is 11.3 Å². The van der Waals surface area contributed by atoms with Crippen LogP contribution < -0.4 is 0 Å². The minimum Gasteiger partial charge on any atom is -0.277 e. The number of rotatable bonds is 6. The molecule has 0 atom stereocenters. The Hall–Kier alpha value is -8.77. The van der Waals surface area contributed by atoms with Crippen LogP contribution >= 0.6 is 11.3 Å². The van der Waals surface area contributed by atoms with Crippen LogP contribution in [0, 0.1) is 0 Å². The Morgan fingerprint density at radius 3 is 1.80 bits per heavy atom. The first-order chi connectivity index (χ1) is 34.2. The number of hydrogen-bond donors (Lipinski definition) is 0. The maximum Gasteiger partial charge on any atom is 0.238 e. The van der Waals surface area contributed by atoms with E-state index in [1.165, 1.54) is 58.1 Å². The second kappa shape index (κ2) is 15.9. The molecule has 0 saturated heterocycles. The highest BCUT2D eigenvalue weighted by Crippen LogP contribution is 2.46. The molecule has 0 saturated carbocycles. The van der Waals surface area contributed by atoms with E-state index in [1.54, 1.807) is 0 Å². The molecule has 0 bridgehead atoms. The number of hydrogen-bond acceptors (Lipinski definition) is 4. The number of fused-ring (bicyclic) bond motifs is 13. The standard InChI is InChI=1S/C64H40N4S/c1-2-5-16-40(15-4-1)42-27-31-45(32-28-42)62-65-63(46-33-29-43(30-34-46)41-17-6-3-7-18-41)67-64(66-62)68-60-49(47-35-37-54-57(39-47)69-56-38-36-44-19-8-9-20-48(44)58(54)56)25-14-26-55(60)59-52-23-12-10-21-50(52)51-22-11-13-24-53(51)61(59)68/h1-4,6-39H,5H2. The monoisotopic (exact) mass is 896 g/mol. The summed E-state index contributed by atoms with van der Waals surface area (Å²) >= 11 is 1.86. The number of aromatic nitrogens is 4. The molecule has 4 nitrogen and oxygen atoms in total. The molecular formula is C64H40N4S.